The third-order valence-electron chi connectivity index (χ3n) is 4.53. The van der Waals surface area contributed by atoms with E-state index in [0.717, 1.165) is 6.42 Å². The van der Waals surface area contributed by atoms with Crippen molar-refractivity contribution in [3.63, 3.8) is 0 Å². The number of carbonyl (C=O) groups is 1. The molecule has 29 heavy (non-hydrogen) atoms. The van der Waals surface area contributed by atoms with Gasteiger partial charge in [0, 0.05) is 25.5 Å². The summed E-state index contributed by atoms with van der Waals surface area (Å²) in [5.74, 6) is 0.0600. The van der Waals surface area contributed by atoms with Gasteiger partial charge in [-0.25, -0.2) is 4.79 Å². The average Bonchev–Trinajstić information content (AvgIpc) is 3.37. The van der Waals surface area contributed by atoms with Crippen LogP contribution >= 0.6 is 0 Å². The number of nitrogen functional groups attached to an aromatic ring is 1. The van der Waals surface area contributed by atoms with Crippen LogP contribution in [-0.2, 0) is 13.1 Å². The van der Waals surface area contributed by atoms with Crippen LogP contribution in [0.1, 0.15) is 43.0 Å². The van der Waals surface area contributed by atoms with Crippen molar-refractivity contribution in [1.82, 2.24) is 19.3 Å². The Hall–Kier alpha value is -3.56. The van der Waals surface area contributed by atoms with E-state index in [1.165, 1.54) is 9.47 Å². The predicted octanol–water partition coefficient (Wildman–Crippen LogP) is 1.42. The van der Waals surface area contributed by atoms with Gasteiger partial charge in [-0.05, 0) is 31.5 Å². The molecule has 154 valence electrons. The minimum Gasteiger partial charge on any atom is -0.454 e. The quantitative estimate of drug-likeness (QED) is 0.588. The molecule has 0 aliphatic carbocycles. The Kier molecular flexibility index (Phi) is 6.01. The Morgan fingerprint density at radius 2 is 2.10 bits per heavy atom. The highest BCUT2D eigenvalue weighted by atomic mass is 16.4. The van der Waals surface area contributed by atoms with Gasteiger partial charge in [0.05, 0.1) is 6.54 Å². The summed E-state index contributed by atoms with van der Waals surface area (Å²) in [5, 5.41) is 4.10. The highest BCUT2D eigenvalue weighted by Crippen LogP contribution is 2.21. The largest absolute Gasteiger partial charge is 0.454 e. The molecule has 0 aromatic carbocycles. The Morgan fingerprint density at radius 3 is 2.76 bits per heavy atom. The number of nitrogens with two attached hydrogens (primary N) is 1. The maximum atomic E-state index is 13.0. The Labute approximate surface area is 166 Å². The smallest absolute Gasteiger partial charge is 0.330 e. The number of nitrogens with one attached hydrogen (secondary N) is 1. The van der Waals surface area contributed by atoms with Crippen LogP contribution in [0.5, 0.6) is 0 Å². The number of anilines is 2. The van der Waals surface area contributed by atoms with Gasteiger partial charge in [-0.3, -0.25) is 28.7 Å². The van der Waals surface area contributed by atoms with E-state index in [1.807, 2.05) is 6.92 Å². The molecule has 0 saturated carbocycles. The van der Waals surface area contributed by atoms with Crippen molar-refractivity contribution in [3.8, 4) is 0 Å². The van der Waals surface area contributed by atoms with Crippen molar-refractivity contribution >= 4 is 17.4 Å². The van der Waals surface area contributed by atoms with Crippen LogP contribution in [0.2, 0.25) is 0 Å². The number of unbranched alkanes of at least 4 members (excludes halogenated alkanes) is 1. The Bertz CT molecular complexity index is 1090. The number of furan rings is 1. The van der Waals surface area contributed by atoms with Crippen LogP contribution < -0.4 is 21.9 Å². The van der Waals surface area contributed by atoms with Crippen LogP contribution in [0.4, 0.5) is 11.5 Å². The van der Waals surface area contributed by atoms with E-state index in [4.69, 9.17) is 10.2 Å². The second-order valence-electron chi connectivity index (χ2n) is 6.52. The number of aromatic amines is 1. The van der Waals surface area contributed by atoms with Crippen LogP contribution in [-0.4, -0.2) is 31.8 Å². The number of aromatic nitrogens is 4. The molecule has 0 spiro atoms. The third-order valence-corrected chi connectivity index (χ3v) is 4.53. The average molecular weight is 400 g/mol. The highest BCUT2D eigenvalue weighted by molar-refractivity contribution is 6.05. The van der Waals surface area contributed by atoms with E-state index >= 15 is 0 Å². The molecule has 10 nitrogen and oxygen atoms in total. The molecule has 0 saturated heterocycles. The zero-order valence-corrected chi connectivity index (χ0v) is 16.4. The number of hydrogen-bond donors (Lipinski definition) is 2. The van der Waals surface area contributed by atoms with E-state index in [0.29, 0.717) is 25.3 Å². The summed E-state index contributed by atoms with van der Waals surface area (Å²) in [6.07, 6.45) is 4.99. The van der Waals surface area contributed by atoms with Crippen LogP contribution in [0, 0.1) is 0 Å². The summed E-state index contributed by atoms with van der Waals surface area (Å²) >= 11 is 0. The van der Waals surface area contributed by atoms with Gasteiger partial charge >= 0.3 is 5.69 Å². The van der Waals surface area contributed by atoms with E-state index in [9.17, 15) is 14.4 Å². The first kappa shape index (κ1) is 20.2. The standard InChI is InChI=1S/C19H24N6O4/c1-3-5-11-25-16(20)15(17(26)22-19(25)28)24(4-2)18(27)14-8-7-13(29-14)12-23-10-6-9-21-23/h6-10H,3-5,11-12,20H2,1-2H3,(H,22,26,28). The number of amides is 1. The summed E-state index contributed by atoms with van der Waals surface area (Å²) in [5.41, 5.74) is 4.76. The molecule has 0 radical (unpaired) electrons. The first-order chi connectivity index (χ1) is 14.0. The Morgan fingerprint density at radius 1 is 1.31 bits per heavy atom. The molecule has 0 atom stereocenters. The fourth-order valence-corrected chi connectivity index (χ4v) is 3.04. The monoisotopic (exact) mass is 400 g/mol. The van der Waals surface area contributed by atoms with Crippen molar-refractivity contribution < 1.29 is 9.21 Å². The SMILES string of the molecule is CCCCn1c(N)c(N(CC)C(=O)c2ccc(Cn3cccn3)o2)c(=O)[nH]c1=O. The van der Waals surface area contributed by atoms with Crippen LogP contribution in [0.15, 0.2) is 44.6 Å². The maximum Gasteiger partial charge on any atom is 0.330 e. The second-order valence-corrected chi connectivity index (χ2v) is 6.52. The van der Waals surface area contributed by atoms with Gasteiger partial charge in [0.2, 0.25) is 0 Å². The van der Waals surface area contributed by atoms with Gasteiger partial charge in [-0.15, -0.1) is 0 Å². The fraction of sp³-hybridized carbons (Fsp3) is 0.368. The summed E-state index contributed by atoms with van der Waals surface area (Å²) in [4.78, 5) is 41.1. The molecule has 3 rings (SSSR count). The lowest BCUT2D eigenvalue weighted by Gasteiger charge is -2.22. The molecule has 3 aromatic heterocycles. The van der Waals surface area contributed by atoms with Gasteiger partial charge in [0.15, 0.2) is 11.4 Å². The summed E-state index contributed by atoms with van der Waals surface area (Å²) in [6, 6.07) is 5.01. The molecule has 3 N–H and O–H groups in total. The minimum atomic E-state index is -0.709. The number of nitrogens with zero attached hydrogens (tertiary/aromatic N) is 4. The predicted molar refractivity (Wildman–Crippen MR) is 108 cm³/mol. The summed E-state index contributed by atoms with van der Waals surface area (Å²) < 4.78 is 8.59. The lowest BCUT2D eigenvalue weighted by Crippen LogP contribution is -2.41. The highest BCUT2D eigenvalue weighted by Gasteiger charge is 2.26. The van der Waals surface area contributed by atoms with Gasteiger partial charge in [-0.2, -0.15) is 5.10 Å². The van der Waals surface area contributed by atoms with Crippen molar-refractivity contribution in [2.75, 3.05) is 17.2 Å². The van der Waals surface area contributed by atoms with E-state index in [-0.39, 0.29) is 23.8 Å². The first-order valence-electron chi connectivity index (χ1n) is 9.46. The molecule has 10 heteroatoms. The lowest BCUT2D eigenvalue weighted by molar-refractivity contribution is 0.0959. The zero-order chi connectivity index (χ0) is 21.0. The molecule has 0 aliphatic rings. The van der Waals surface area contributed by atoms with Gasteiger partial charge in [0.1, 0.15) is 11.6 Å². The topological polar surface area (TPSA) is 132 Å². The second kappa shape index (κ2) is 8.63. The van der Waals surface area contributed by atoms with E-state index in [1.54, 1.807) is 42.2 Å². The fourth-order valence-electron chi connectivity index (χ4n) is 3.04. The molecule has 1 amide bonds. The molecule has 3 aromatic rings. The van der Waals surface area contributed by atoms with Crippen molar-refractivity contribution in [1.29, 1.82) is 0 Å². The first-order valence-corrected chi connectivity index (χ1v) is 9.46. The lowest BCUT2D eigenvalue weighted by atomic mass is 10.3. The maximum absolute atomic E-state index is 13.0. The summed E-state index contributed by atoms with van der Waals surface area (Å²) in [7, 11) is 0. The molecule has 0 unspecified atom stereocenters. The van der Waals surface area contributed by atoms with Crippen molar-refractivity contribution in [2.24, 2.45) is 0 Å². The molecule has 0 bridgehead atoms. The molecular formula is C19H24N6O4. The zero-order valence-electron chi connectivity index (χ0n) is 16.4. The normalized spacial score (nSPS) is 11.0. The third kappa shape index (κ3) is 4.15. The van der Waals surface area contributed by atoms with Crippen LogP contribution in [0.25, 0.3) is 0 Å². The number of carbonyl (C=O) groups excluding carboxylic acids is 1. The molecule has 3 heterocycles. The summed E-state index contributed by atoms with van der Waals surface area (Å²) in [6.45, 7) is 4.59. The minimum absolute atomic E-state index is 0.0364. The molecular weight excluding hydrogens is 376 g/mol. The number of rotatable bonds is 8. The van der Waals surface area contributed by atoms with Crippen molar-refractivity contribution in [2.45, 2.75) is 39.8 Å². The molecule has 0 fully saturated rings. The number of hydrogen-bond acceptors (Lipinski definition) is 6. The van der Waals surface area contributed by atoms with Gasteiger partial charge in [-0.1, -0.05) is 13.3 Å². The van der Waals surface area contributed by atoms with Crippen molar-refractivity contribution in [3.05, 3.63) is 63.0 Å². The van der Waals surface area contributed by atoms with Crippen LogP contribution in [0.3, 0.4) is 0 Å². The van der Waals surface area contributed by atoms with E-state index < -0.39 is 17.2 Å². The molecule has 0 aliphatic heterocycles. The van der Waals surface area contributed by atoms with E-state index in [2.05, 4.69) is 10.1 Å². The number of H-pyrrole nitrogens is 1. The van der Waals surface area contributed by atoms with Gasteiger partial charge in [0.25, 0.3) is 11.5 Å². The Balaban J connectivity index is 1.93. The van der Waals surface area contributed by atoms with Gasteiger partial charge < -0.3 is 10.2 Å².